The van der Waals surface area contributed by atoms with E-state index in [1.807, 2.05) is 18.2 Å². The van der Waals surface area contributed by atoms with E-state index >= 15 is 0 Å². The molecule has 0 saturated heterocycles. The van der Waals surface area contributed by atoms with Gasteiger partial charge in [-0.3, -0.25) is 4.79 Å². The molecule has 0 radical (unpaired) electrons. The van der Waals surface area contributed by atoms with E-state index in [4.69, 9.17) is 0 Å². The smallest absolute Gasteiger partial charge is 0.229 e. The van der Waals surface area contributed by atoms with Crippen LogP contribution in [0, 0.1) is 12.8 Å². The fourth-order valence-electron chi connectivity index (χ4n) is 2.60. The number of amides is 1. The molecule has 3 rings (SSSR count). The van der Waals surface area contributed by atoms with E-state index in [1.54, 1.807) is 6.20 Å². The molecule has 1 aliphatic carbocycles. The molecule has 2 aromatic rings. The molecule has 1 unspecified atom stereocenters. The largest absolute Gasteiger partial charge is 0.310 e. The number of carbonyl (C=O) groups excluding carboxylic acids is 1. The van der Waals surface area contributed by atoms with Crippen LogP contribution in [0.5, 0.6) is 0 Å². The van der Waals surface area contributed by atoms with Crippen LogP contribution in [0.25, 0.3) is 0 Å². The molecule has 0 saturated carbocycles. The van der Waals surface area contributed by atoms with Gasteiger partial charge in [-0.05, 0) is 43.0 Å². The van der Waals surface area contributed by atoms with Crippen LogP contribution in [0.3, 0.4) is 0 Å². The number of aryl methyl sites for hydroxylation is 1. The zero-order valence-corrected chi connectivity index (χ0v) is 10.9. The number of fused-ring (bicyclic) bond motifs is 1. The standard InChI is InChI=1S/C16H16N2O/c1-11-5-6-12-9-14(10-13(12)8-11)16(19)18-15-4-2-3-7-17-15/h2-8,14H,9-10H2,1H3,(H,17,18,19). The van der Waals surface area contributed by atoms with Gasteiger partial charge in [-0.2, -0.15) is 0 Å². The normalized spacial score (nSPS) is 17.0. The van der Waals surface area contributed by atoms with Crippen LogP contribution in [0.1, 0.15) is 16.7 Å². The molecular formula is C16H16N2O. The van der Waals surface area contributed by atoms with Crippen molar-refractivity contribution in [3.8, 4) is 0 Å². The third kappa shape index (κ3) is 2.50. The van der Waals surface area contributed by atoms with Gasteiger partial charge in [0.1, 0.15) is 5.82 Å². The molecule has 1 amide bonds. The first-order valence-corrected chi connectivity index (χ1v) is 6.52. The van der Waals surface area contributed by atoms with E-state index < -0.39 is 0 Å². The molecule has 1 aromatic heterocycles. The Kier molecular flexibility index (Phi) is 3.03. The summed E-state index contributed by atoms with van der Waals surface area (Å²) in [6.07, 6.45) is 3.34. The highest BCUT2D eigenvalue weighted by Crippen LogP contribution is 2.28. The van der Waals surface area contributed by atoms with E-state index in [-0.39, 0.29) is 11.8 Å². The monoisotopic (exact) mass is 252 g/mol. The summed E-state index contributed by atoms with van der Waals surface area (Å²) in [7, 11) is 0. The third-order valence-corrected chi connectivity index (χ3v) is 3.58. The number of hydrogen-bond acceptors (Lipinski definition) is 2. The molecule has 3 nitrogen and oxygen atoms in total. The van der Waals surface area contributed by atoms with Crippen LogP contribution < -0.4 is 5.32 Å². The van der Waals surface area contributed by atoms with Crippen molar-refractivity contribution < 1.29 is 4.79 Å². The molecule has 19 heavy (non-hydrogen) atoms. The molecule has 1 aromatic carbocycles. The molecule has 0 bridgehead atoms. The molecule has 0 spiro atoms. The third-order valence-electron chi connectivity index (χ3n) is 3.58. The highest BCUT2D eigenvalue weighted by atomic mass is 16.1. The van der Waals surface area contributed by atoms with Gasteiger partial charge >= 0.3 is 0 Å². The van der Waals surface area contributed by atoms with Crippen molar-refractivity contribution >= 4 is 11.7 Å². The Morgan fingerprint density at radius 3 is 2.84 bits per heavy atom. The summed E-state index contributed by atoms with van der Waals surface area (Å²) in [4.78, 5) is 16.3. The maximum Gasteiger partial charge on any atom is 0.229 e. The lowest BCUT2D eigenvalue weighted by molar-refractivity contribution is -0.119. The lowest BCUT2D eigenvalue weighted by Gasteiger charge is -2.09. The summed E-state index contributed by atoms with van der Waals surface area (Å²) in [6, 6.07) is 11.9. The van der Waals surface area contributed by atoms with Gasteiger partial charge in [-0.25, -0.2) is 4.98 Å². The van der Waals surface area contributed by atoms with Crippen molar-refractivity contribution in [3.05, 3.63) is 59.3 Å². The highest BCUT2D eigenvalue weighted by molar-refractivity contribution is 5.92. The fourth-order valence-corrected chi connectivity index (χ4v) is 2.60. The van der Waals surface area contributed by atoms with Crippen LogP contribution in [-0.2, 0) is 17.6 Å². The molecule has 1 heterocycles. The molecule has 1 atom stereocenters. The zero-order chi connectivity index (χ0) is 13.2. The van der Waals surface area contributed by atoms with Gasteiger partial charge in [-0.15, -0.1) is 0 Å². The summed E-state index contributed by atoms with van der Waals surface area (Å²) < 4.78 is 0. The van der Waals surface area contributed by atoms with Crippen LogP contribution >= 0.6 is 0 Å². The lowest BCUT2D eigenvalue weighted by atomic mass is 10.1. The van der Waals surface area contributed by atoms with Gasteiger partial charge in [0, 0.05) is 12.1 Å². The Morgan fingerprint density at radius 2 is 2.05 bits per heavy atom. The van der Waals surface area contributed by atoms with E-state index in [9.17, 15) is 4.79 Å². The van der Waals surface area contributed by atoms with Crippen LogP contribution in [-0.4, -0.2) is 10.9 Å². The molecular weight excluding hydrogens is 236 g/mol. The minimum atomic E-state index is 0.0267. The molecule has 1 aliphatic rings. The first kappa shape index (κ1) is 11.9. The molecule has 1 N–H and O–H groups in total. The van der Waals surface area contributed by atoms with Crippen LogP contribution in [0.2, 0.25) is 0 Å². The second-order valence-electron chi connectivity index (χ2n) is 5.08. The number of nitrogens with one attached hydrogen (secondary N) is 1. The van der Waals surface area contributed by atoms with Gasteiger partial charge in [0.2, 0.25) is 5.91 Å². The Morgan fingerprint density at radius 1 is 1.21 bits per heavy atom. The van der Waals surface area contributed by atoms with Gasteiger partial charge in [0.15, 0.2) is 0 Å². The quantitative estimate of drug-likeness (QED) is 0.893. The van der Waals surface area contributed by atoms with Crippen molar-refractivity contribution in [2.75, 3.05) is 5.32 Å². The maximum atomic E-state index is 12.2. The number of nitrogens with zero attached hydrogens (tertiary/aromatic N) is 1. The van der Waals surface area contributed by atoms with Gasteiger partial charge in [0.25, 0.3) is 0 Å². The number of hydrogen-bond donors (Lipinski definition) is 1. The van der Waals surface area contributed by atoms with Gasteiger partial charge in [-0.1, -0.05) is 29.8 Å². The van der Waals surface area contributed by atoms with Crippen LogP contribution in [0.15, 0.2) is 42.6 Å². The van der Waals surface area contributed by atoms with E-state index in [0.29, 0.717) is 5.82 Å². The fraction of sp³-hybridized carbons (Fsp3) is 0.250. The number of pyridine rings is 1. The van der Waals surface area contributed by atoms with Crippen LogP contribution in [0.4, 0.5) is 5.82 Å². The zero-order valence-electron chi connectivity index (χ0n) is 10.9. The average molecular weight is 252 g/mol. The van der Waals surface area contributed by atoms with E-state index in [0.717, 1.165) is 12.8 Å². The predicted octanol–water partition coefficient (Wildman–Crippen LogP) is 2.74. The SMILES string of the molecule is Cc1ccc2c(c1)CC(C(=O)Nc1ccccn1)C2. The molecule has 0 fully saturated rings. The van der Waals surface area contributed by atoms with Crippen molar-refractivity contribution in [3.63, 3.8) is 0 Å². The highest BCUT2D eigenvalue weighted by Gasteiger charge is 2.27. The molecule has 96 valence electrons. The number of rotatable bonds is 2. The van der Waals surface area contributed by atoms with Crippen molar-refractivity contribution in [1.82, 2.24) is 4.98 Å². The van der Waals surface area contributed by atoms with Crippen molar-refractivity contribution in [1.29, 1.82) is 0 Å². The van der Waals surface area contributed by atoms with Crippen molar-refractivity contribution in [2.24, 2.45) is 5.92 Å². The van der Waals surface area contributed by atoms with E-state index in [2.05, 4.69) is 35.4 Å². The predicted molar refractivity (Wildman–Crippen MR) is 74.9 cm³/mol. The Balaban J connectivity index is 1.71. The topological polar surface area (TPSA) is 42.0 Å². The average Bonchev–Trinajstić information content (AvgIpc) is 2.83. The maximum absolute atomic E-state index is 12.2. The second kappa shape index (κ2) is 4.84. The van der Waals surface area contributed by atoms with Crippen molar-refractivity contribution in [2.45, 2.75) is 19.8 Å². The summed E-state index contributed by atoms with van der Waals surface area (Å²) >= 11 is 0. The van der Waals surface area contributed by atoms with Gasteiger partial charge < -0.3 is 5.32 Å². The molecule has 3 heteroatoms. The summed E-state index contributed by atoms with van der Waals surface area (Å²) in [6.45, 7) is 2.08. The summed E-state index contributed by atoms with van der Waals surface area (Å²) in [5.41, 5.74) is 3.86. The van der Waals surface area contributed by atoms with Gasteiger partial charge in [0.05, 0.1) is 0 Å². The number of carbonyl (C=O) groups is 1. The lowest BCUT2D eigenvalue weighted by Crippen LogP contribution is -2.23. The Bertz CT molecular complexity index is 607. The summed E-state index contributed by atoms with van der Waals surface area (Å²) in [5.74, 6) is 0.714. The van der Waals surface area contributed by atoms with E-state index in [1.165, 1.54) is 16.7 Å². The Labute approximate surface area is 112 Å². The molecule has 0 aliphatic heterocycles. The number of aromatic nitrogens is 1. The first-order valence-electron chi connectivity index (χ1n) is 6.52. The second-order valence-corrected chi connectivity index (χ2v) is 5.08. The minimum absolute atomic E-state index is 0.0267. The summed E-state index contributed by atoms with van der Waals surface area (Å²) in [5, 5.41) is 2.88. The number of anilines is 1. The number of benzene rings is 1. The minimum Gasteiger partial charge on any atom is -0.310 e. The first-order chi connectivity index (χ1) is 9.22. The Hall–Kier alpha value is -2.16.